The maximum absolute atomic E-state index is 11.7. The fourth-order valence-corrected chi connectivity index (χ4v) is 2.31. The summed E-state index contributed by atoms with van der Waals surface area (Å²) in [6.07, 6.45) is -7.05. The van der Waals surface area contributed by atoms with Crippen molar-refractivity contribution in [2.24, 2.45) is 0 Å². The smallest absolute Gasteiger partial charge is 0.229 e. The Morgan fingerprint density at radius 2 is 1.91 bits per heavy atom. The molecular weight excluding hydrogens is 308 g/mol. The lowest BCUT2D eigenvalue weighted by atomic mass is 9.99. The van der Waals surface area contributed by atoms with Gasteiger partial charge in [0.05, 0.1) is 19.3 Å². The van der Waals surface area contributed by atoms with Crippen LogP contribution in [-0.2, 0) is 4.74 Å². The van der Waals surface area contributed by atoms with Gasteiger partial charge >= 0.3 is 0 Å². The van der Waals surface area contributed by atoms with Gasteiger partial charge in [-0.15, -0.1) is 0 Å². The van der Waals surface area contributed by atoms with E-state index in [0.29, 0.717) is 5.75 Å². The molecule has 1 aliphatic rings. The summed E-state index contributed by atoms with van der Waals surface area (Å²) in [6, 6.07) is 4.52. The first-order valence-electron chi connectivity index (χ1n) is 7.05. The quantitative estimate of drug-likeness (QED) is 0.511. The third-order valence-corrected chi connectivity index (χ3v) is 3.66. The van der Waals surface area contributed by atoms with Crippen LogP contribution in [0.3, 0.4) is 0 Å². The number of hydrogen-bond donors (Lipinski definition) is 4. The summed E-state index contributed by atoms with van der Waals surface area (Å²) in [5.74, 6) is 0.253. The summed E-state index contributed by atoms with van der Waals surface area (Å²) >= 11 is 0. The Balaban J connectivity index is 2.28. The van der Waals surface area contributed by atoms with E-state index in [1.54, 1.807) is 6.07 Å². The van der Waals surface area contributed by atoms with Crippen LogP contribution in [0.5, 0.6) is 11.5 Å². The van der Waals surface area contributed by atoms with Crippen molar-refractivity contribution in [2.45, 2.75) is 37.6 Å². The van der Waals surface area contributed by atoms with Crippen molar-refractivity contribution in [1.29, 1.82) is 0 Å². The highest BCUT2D eigenvalue weighted by Gasteiger charge is 2.44. The second kappa shape index (κ2) is 7.24. The molecule has 4 N–H and O–H groups in total. The summed E-state index contributed by atoms with van der Waals surface area (Å²) in [6.45, 7) is 0.782. The van der Waals surface area contributed by atoms with Gasteiger partial charge in [-0.1, -0.05) is 0 Å². The number of methoxy groups -OCH3 is 1. The van der Waals surface area contributed by atoms with Crippen molar-refractivity contribution in [1.82, 2.24) is 0 Å². The summed E-state index contributed by atoms with van der Waals surface area (Å²) < 4.78 is 15.8. The van der Waals surface area contributed by atoms with E-state index >= 15 is 0 Å². The third-order valence-electron chi connectivity index (χ3n) is 3.66. The van der Waals surface area contributed by atoms with Gasteiger partial charge in [0.2, 0.25) is 6.29 Å². The van der Waals surface area contributed by atoms with Gasteiger partial charge in [-0.2, -0.15) is 0 Å². The van der Waals surface area contributed by atoms with Crippen LogP contribution in [0.25, 0.3) is 0 Å². The van der Waals surface area contributed by atoms with E-state index < -0.39 is 37.3 Å². The third kappa shape index (κ3) is 3.62. The van der Waals surface area contributed by atoms with E-state index in [-0.39, 0.29) is 17.1 Å². The van der Waals surface area contributed by atoms with Crippen molar-refractivity contribution in [3.05, 3.63) is 23.8 Å². The topological polar surface area (TPSA) is 126 Å². The second-order valence-electron chi connectivity index (χ2n) is 5.23. The number of aliphatic hydroxyl groups excluding tert-OH is 4. The highest BCUT2D eigenvalue weighted by Crippen LogP contribution is 2.29. The number of ketones is 1. The Morgan fingerprint density at radius 1 is 1.22 bits per heavy atom. The standard InChI is InChI=1S/C15H20O8/c1-7(17)9-4-3-8(21-2)5-10(9)22-15-14(20)13(19)12(18)11(6-16)23-15/h3-5,11-16,18-20H,6H2,1-2H3/t11-,12+,13+,14-,15-/m1/s1. The number of carbonyl (C=O) groups is 1. The largest absolute Gasteiger partial charge is 0.497 e. The second-order valence-corrected chi connectivity index (χ2v) is 5.23. The zero-order valence-corrected chi connectivity index (χ0v) is 12.7. The Bertz CT molecular complexity index is 558. The van der Waals surface area contributed by atoms with Crippen LogP contribution in [0.15, 0.2) is 18.2 Å². The van der Waals surface area contributed by atoms with Gasteiger partial charge in [-0.25, -0.2) is 0 Å². The summed E-state index contributed by atoms with van der Waals surface area (Å²) in [7, 11) is 1.44. The predicted octanol–water partition coefficient (Wildman–Crippen LogP) is -0.924. The molecule has 0 radical (unpaired) electrons. The van der Waals surface area contributed by atoms with Crippen molar-refractivity contribution in [3.8, 4) is 11.5 Å². The molecule has 8 heteroatoms. The highest BCUT2D eigenvalue weighted by molar-refractivity contribution is 5.97. The van der Waals surface area contributed by atoms with E-state index in [1.807, 2.05) is 0 Å². The molecule has 0 bridgehead atoms. The van der Waals surface area contributed by atoms with Gasteiger partial charge in [-0.05, 0) is 19.1 Å². The molecule has 0 saturated carbocycles. The number of benzene rings is 1. The van der Waals surface area contributed by atoms with Crippen LogP contribution in [-0.4, -0.2) is 70.6 Å². The van der Waals surface area contributed by atoms with Gasteiger partial charge in [0.1, 0.15) is 35.9 Å². The number of hydrogen-bond acceptors (Lipinski definition) is 8. The van der Waals surface area contributed by atoms with E-state index in [2.05, 4.69) is 0 Å². The molecule has 1 fully saturated rings. The maximum Gasteiger partial charge on any atom is 0.229 e. The van der Waals surface area contributed by atoms with Crippen LogP contribution in [0.4, 0.5) is 0 Å². The van der Waals surface area contributed by atoms with Gasteiger partial charge in [0.15, 0.2) is 5.78 Å². The number of Topliss-reactive ketones (excluding diaryl/α,β-unsaturated/α-hetero) is 1. The molecule has 8 nitrogen and oxygen atoms in total. The summed E-state index contributed by atoms with van der Waals surface area (Å²) in [4.78, 5) is 11.7. The molecule has 1 heterocycles. The van der Waals surface area contributed by atoms with Gasteiger partial charge in [-0.3, -0.25) is 4.79 Å². The molecule has 0 aliphatic carbocycles. The molecule has 23 heavy (non-hydrogen) atoms. The van der Waals surface area contributed by atoms with E-state index in [1.165, 1.54) is 26.2 Å². The minimum Gasteiger partial charge on any atom is -0.497 e. The first-order valence-corrected chi connectivity index (χ1v) is 7.05. The molecule has 2 rings (SSSR count). The fourth-order valence-electron chi connectivity index (χ4n) is 2.31. The van der Waals surface area contributed by atoms with E-state index in [0.717, 1.165) is 0 Å². The SMILES string of the molecule is COc1ccc(C(C)=O)c(O[C@@H]2O[C@H](CO)[C@H](O)[C@H](O)[C@H]2O)c1. The molecule has 0 aromatic heterocycles. The van der Waals surface area contributed by atoms with Gasteiger partial charge in [0, 0.05) is 6.07 Å². The molecule has 1 aromatic carbocycles. The normalized spacial score (nSPS) is 30.8. The minimum absolute atomic E-state index is 0.0983. The molecular formula is C15H20O8. The zero-order chi connectivity index (χ0) is 17.1. The Kier molecular flexibility index (Phi) is 5.55. The lowest BCUT2D eigenvalue weighted by Crippen LogP contribution is -2.60. The van der Waals surface area contributed by atoms with E-state index in [4.69, 9.17) is 19.3 Å². The predicted molar refractivity (Wildman–Crippen MR) is 77.4 cm³/mol. The highest BCUT2D eigenvalue weighted by atomic mass is 16.7. The number of carbonyl (C=O) groups excluding carboxylic acids is 1. The van der Waals surface area contributed by atoms with Crippen LogP contribution in [0.2, 0.25) is 0 Å². The average molecular weight is 328 g/mol. The first-order chi connectivity index (χ1) is 10.9. The van der Waals surface area contributed by atoms with Crippen LogP contribution in [0.1, 0.15) is 17.3 Å². The van der Waals surface area contributed by atoms with Crippen molar-refractivity contribution in [3.63, 3.8) is 0 Å². The molecule has 1 aliphatic heterocycles. The lowest BCUT2D eigenvalue weighted by molar-refractivity contribution is -0.277. The molecule has 1 aromatic rings. The first kappa shape index (κ1) is 17.6. The molecule has 0 amide bonds. The Hall–Kier alpha value is -1.71. The summed E-state index contributed by atoms with van der Waals surface area (Å²) in [5, 5.41) is 38.7. The average Bonchev–Trinajstić information content (AvgIpc) is 2.54. The van der Waals surface area contributed by atoms with Crippen molar-refractivity contribution >= 4 is 5.78 Å². The number of rotatable bonds is 5. The Labute approximate surface area is 132 Å². The minimum atomic E-state index is -1.56. The number of ether oxygens (including phenoxy) is 3. The molecule has 1 saturated heterocycles. The molecule has 128 valence electrons. The Morgan fingerprint density at radius 3 is 2.48 bits per heavy atom. The lowest BCUT2D eigenvalue weighted by Gasteiger charge is -2.39. The van der Waals surface area contributed by atoms with E-state index in [9.17, 15) is 20.1 Å². The zero-order valence-electron chi connectivity index (χ0n) is 12.7. The van der Waals surface area contributed by atoms with Crippen LogP contribution >= 0.6 is 0 Å². The van der Waals surface area contributed by atoms with Crippen molar-refractivity contribution in [2.75, 3.05) is 13.7 Å². The summed E-state index contributed by atoms with van der Waals surface area (Å²) in [5.41, 5.74) is 0.239. The monoisotopic (exact) mass is 328 g/mol. The molecule has 5 atom stereocenters. The van der Waals surface area contributed by atoms with Crippen LogP contribution < -0.4 is 9.47 Å². The number of aliphatic hydroxyl groups is 4. The van der Waals surface area contributed by atoms with Gasteiger partial charge in [0.25, 0.3) is 0 Å². The fraction of sp³-hybridized carbons (Fsp3) is 0.533. The molecule has 0 spiro atoms. The maximum atomic E-state index is 11.7. The van der Waals surface area contributed by atoms with Gasteiger partial charge < -0.3 is 34.6 Å². The van der Waals surface area contributed by atoms with Crippen molar-refractivity contribution < 1.29 is 39.4 Å². The molecule has 0 unspecified atom stereocenters. The van der Waals surface area contributed by atoms with Crippen LogP contribution in [0, 0.1) is 0 Å².